The highest BCUT2D eigenvalue weighted by Crippen LogP contribution is 2.20. The second kappa shape index (κ2) is 3.63. The molecule has 0 amide bonds. The summed E-state index contributed by atoms with van der Waals surface area (Å²) in [6.45, 7) is 2.08. The predicted molar refractivity (Wildman–Crippen MR) is 70.2 cm³/mol. The van der Waals surface area contributed by atoms with E-state index in [2.05, 4.69) is 40.7 Å². The fourth-order valence-corrected chi connectivity index (χ4v) is 1.94. The van der Waals surface area contributed by atoms with E-state index in [-0.39, 0.29) is 0 Å². The van der Waals surface area contributed by atoms with E-state index in [1.54, 1.807) is 0 Å². The Morgan fingerprint density at radius 2 is 1.82 bits per heavy atom. The van der Waals surface area contributed by atoms with Crippen molar-refractivity contribution in [3.8, 4) is 5.69 Å². The second-order valence-electron chi connectivity index (χ2n) is 4.20. The molecule has 0 atom stereocenters. The van der Waals surface area contributed by atoms with Crippen LogP contribution in [0.25, 0.3) is 16.7 Å². The molecule has 3 nitrogen and oxygen atoms in total. The molecule has 1 heterocycles. The molecule has 0 saturated carbocycles. The van der Waals surface area contributed by atoms with Crippen LogP contribution in [-0.4, -0.2) is 9.55 Å². The van der Waals surface area contributed by atoms with Gasteiger partial charge in [-0.2, -0.15) is 0 Å². The zero-order chi connectivity index (χ0) is 11.8. The van der Waals surface area contributed by atoms with E-state index in [0.717, 1.165) is 22.4 Å². The number of nitrogens with zero attached hydrogens (tertiary/aromatic N) is 2. The molecule has 1 aromatic heterocycles. The van der Waals surface area contributed by atoms with E-state index in [4.69, 9.17) is 5.73 Å². The molecule has 0 fully saturated rings. The molecule has 17 heavy (non-hydrogen) atoms. The van der Waals surface area contributed by atoms with Crippen molar-refractivity contribution in [3.63, 3.8) is 0 Å². The van der Waals surface area contributed by atoms with Gasteiger partial charge in [0.1, 0.15) is 6.33 Å². The van der Waals surface area contributed by atoms with E-state index < -0.39 is 0 Å². The molecule has 0 radical (unpaired) electrons. The van der Waals surface area contributed by atoms with Crippen molar-refractivity contribution >= 4 is 16.7 Å². The fourth-order valence-electron chi connectivity index (χ4n) is 1.94. The molecule has 2 aromatic carbocycles. The van der Waals surface area contributed by atoms with E-state index >= 15 is 0 Å². The van der Waals surface area contributed by atoms with Gasteiger partial charge in [-0.05, 0) is 37.3 Å². The molecule has 0 aliphatic carbocycles. The summed E-state index contributed by atoms with van der Waals surface area (Å²) in [6, 6.07) is 14.2. The maximum Gasteiger partial charge on any atom is 0.100 e. The first-order valence-electron chi connectivity index (χ1n) is 5.54. The minimum atomic E-state index is 0.742. The van der Waals surface area contributed by atoms with Crippen LogP contribution in [0.1, 0.15) is 5.56 Å². The summed E-state index contributed by atoms with van der Waals surface area (Å²) in [7, 11) is 0. The first-order chi connectivity index (χ1) is 8.24. The summed E-state index contributed by atoms with van der Waals surface area (Å²) in [5.74, 6) is 0. The van der Waals surface area contributed by atoms with Gasteiger partial charge in [-0.1, -0.05) is 17.7 Å². The number of nitrogen functional groups attached to an aromatic ring is 1. The van der Waals surface area contributed by atoms with Crippen LogP contribution in [0.5, 0.6) is 0 Å². The summed E-state index contributed by atoms with van der Waals surface area (Å²) >= 11 is 0. The van der Waals surface area contributed by atoms with Crippen molar-refractivity contribution in [2.24, 2.45) is 0 Å². The minimum Gasteiger partial charge on any atom is -0.399 e. The Labute approximate surface area is 99.5 Å². The van der Waals surface area contributed by atoms with Crippen molar-refractivity contribution < 1.29 is 0 Å². The zero-order valence-electron chi connectivity index (χ0n) is 9.59. The highest BCUT2D eigenvalue weighted by molar-refractivity contribution is 5.80. The van der Waals surface area contributed by atoms with E-state index in [0.29, 0.717) is 0 Å². The summed E-state index contributed by atoms with van der Waals surface area (Å²) in [6.07, 6.45) is 1.83. The zero-order valence-corrected chi connectivity index (χ0v) is 9.59. The number of hydrogen-bond donors (Lipinski definition) is 1. The number of aromatic nitrogens is 2. The number of rotatable bonds is 1. The van der Waals surface area contributed by atoms with Crippen LogP contribution in [0.15, 0.2) is 48.8 Å². The molecule has 3 rings (SSSR count). The monoisotopic (exact) mass is 223 g/mol. The van der Waals surface area contributed by atoms with Crippen molar-refractivity contribution in [1.29, 1.82) is 0 Å². The molecule has 2 N–H and O–H groups in total. The van der Waals surface area contributed by atoms with Gasteiger partial charge in [0.15, 0.2) is 0 Å². The van der Waals surface area contributed by atoms with Gasteiger partial charge in [0.05, 0.1) is 11.0 Å². The van der Waals surface area contributed by atoms with Crippen LogP contribution < -0.4 is 5.73 Å². The summed E-state index contributed by atoms with van der Waals surface area (Å²) in [4.78, 5) is 4.36. The topological polar surface area (TPSA) is 43.8 Å². The average Bonchev–Trinajstić information content (AvgIpc) is 2.73. The summed E-state index contributed by atoms with van der Waals surface area (Å²) in [5.41, 5.74) is 10.8. The van der Waals surface area contributed by atoms with Crippen molar-refractivity contribution in [1.82, 2.24) is 9.55 Å². The third kappa shape index (κ3) is 1.65. The third-order valence-corrected chi connectivity index (χ3v) is 2.88. The molecular weight excluding hydrogens is 210 g/mol. The molecule has 3 heteroatoms. The van der Waals surface area contributed by atoms with Crippen LogP contribution in [0.4, 0.5) is 5.69 Å². The van der Waals surface area contributed by atoms with Gasteiger partial charge in [0.25, 0.3) is 0 Å². The maximum absolute atomic E-state index is 5.74. The molecule has 0 bridgehead atoms. The molecule has 0 unspecified atom stereocenters. The summed E-state index contributed by atoms with van der Waals surface area (Å²) in [5, 5.41) is 0. The number of hydrogen-bond acceptors (Lipinski definition) is 2. The molecule has 0 aliphatic rings. The smallest absolute Gasteiger partial charge is 0.100 e. The Bertz CT molecular complexity index is 666. The SMILES string of the molecule is Cc1ccc(-n2cnc3cc(N)ccc32)cc1. The number of nitrogens with two attached hydrogens (primary N) is 1. The Morgan fingerprint density at radius 3 is 2.59 bits per heavy atom. The standard InChI is InChI=1S/C14H13N3/c1-10-2-5-12(6-3-10)17-9-16-13-8-11(15)4-7-14(13)17/h2-9H,15H2,1H3. The molecule has 0 spiro atoms. The van der Waals surface area contributed by atoms with Gasteiger partial charge in [0, 0.05) is 11.4 Å². The Morgan fingerprint density at radius 1 is 1.06 bits per heavy atom. The number of aryl methyl sites for hydroxylation is 1. The lowest BCUT2D eigenvalue weighted by Crippen LogP contribution is -1.92. The Kier molecular flexibility index (Phi) is 2.11. The van der Waals surface area contributed by atoms with Crippen LogP contribution in [0, 0.1) is 6.92 Å². The predicted octanol–water partition coefficient (Wildman–Crippen LogP) is 2.92. The molecule has 0 saturated heterocycles. The largest absolute Gasteiger partial charge is 0.399 e. The van der Waals surface area contributed by atoms with Crippen molar-refractivity contribution in [2.75, 3.05) is 5.73 Å². The van der Waals surface area contributed by atoms with Gasteiger partial charge >= 0.3 is 0 Å². The van der Waals surface area contributed by atoms with Crippen molar-refractivity contribution in [2.45, 2.75) is 6.92 Å². The number of imidazole rings is 1. The normalized spacial score (nSPS) is 10.9. The molecule has 84 valence electrons. The minimum absolute atomic E-state index is 0.742. The van der Waals surface area contributed by atoms with Crippen LogP contribution >= 0.6 is 0 Å². The lowest BCUT2D eigenvalue weighted by atomic mass is 10.2. The van der Waals surface area contributed by atoms with Crippen LogP contribution in [0.3, 0.4) is 0 Å². The first kappa shape index (κ1) is 9.90. The van der Waals surface area contributed by atoms with Crippen LogP contribution in [0.2, 0.25) is 0 Å². The molecule has 3 aromatic rings. The number of anilines is 1. The fraction of sp³-hybridized carbons (Fsp3) is 0.0714. The molecule has 0 aliphatic heterocycles. The highest BCUT2D eigenvalue weighted by atomic mass is 15.0. The van der Waals surface area contributed by atoms with Gasteiger partial charge in [-0.3, -0.25) is 4.57 Å². The first-order valence-corrected chi connectivity index (χ1v) is 5.54. The van der Waals surface area contributed by atoms with E-state index in [9.17, 15) is 0 Å². The van der Waals surface area contributed by atoms with Gasteiger partial charge in [-0.15, -0.1) is 0 Å². The third-order valence-electron chi connectivity index (χ3n) is 2.88. The van der Waals surface area contributed by atoms with Crippen molar-refractivity contribution in [3.05, 3.63) is 54.4 Å². The lowest BCUT2D eigenvalue weighted by Gasteiger charge is -2.04. The van der Waals surface area contributed by atoms with E-state index in [1.165, 1.54) is 5.56 Å². The van der Waals surface area contributed by atoms with E-state index in [1.807, 2.05) is 24.5 Å². The quantitative estimate of drug-likeness (QED) is 0.644. The average molecular weight is 223 g/mol. The van der Waals surface area contributed by atoms with Crippen LogP contribution in [-0.2, 0) is 0 Å². The Hall–Kier alpha value is -2.29. The van der Waals surface area contributed by atoms with Gasteiger partial charge in [-0.25, -0.2) is 4.98 Å². The number of fused-ring (bicyclic) bond motifs is 1. The molecular formula is C14H13N3. The highest BCUT2D eigenvalue weighted by Gasteiger charge is 2.04. The lowest BCUT2D eigenvalue weighted by molar-refractivity contribution is 1.09. The maximum atomic E-state index is 5.74. The second-order valence-corrected chi connectivity index (χ2v) is 4.20. The van der Waals surface area contributed by atoms with Gasteiger partial charge < -0.3 is 5.73 Å². The number of benzene rings is 2. The Balaban J connectivity index is 2.21. The van der Waals surface area contributed by atoms with Gasteiger partial charge in [0.2, 0.25) is 0 Å². The summed E-state index contributed by atoms with van der Waals surface area (Å²) < 4.78 is 2.06.